The molecule has 4 amide bonds. The van der Waals surface area contributed by atoms with Crippen LogP contribution in [0.3, 0.4) is 0 Å². The molecule has 2 aliphatic heterocycles. The van der Waals surface area contributed by atoms with Crippen LogP contribution in [0.25, 0.3) is 0 Å². The fraction of sp³-hybridized carbons (Fsp3) is 0.341. The van der Waals surface area contributed by atoms with Crippen LogP contribution in [0.5, 0.6) is 69.0 Å². The molecule has 0 fully saturated rings. The number of anilines is 2. The van der Waals surface area contributed by atoms with Crippen LogP contribution in [0.1, 0.15) is 206 Å². The van der Waals surface area contributed by atoms with Crippen LogP contribution in [-0.2, 0) is 48.6 Å². The van der Waals surface area contributed by atoms with Crippen LogP contribution in [0.4, 0.5) is 15.8 Å². The van der Waals surface area contributed by atoms with Crippen molar-refractivity contribution in [2.24, 2.45) is 22.9 Å². The number of hydrogen-bond acceptors (Lipinski definition) is 33. The van der Waals surface area contributed by atoms with Crippen molar-refractivity contribution in [1.82, 2.24) is 4.90 Å². The summed E-state index contributed by atoms with van der Waals surface area (Å²) in [4.78, 5) is 112. The molecular weight excluding hydrogens is 1810 g/mol. The summed E-state index contributed by atoms with van der Waals surface area (Å²) in [5, 5.41) is 39.2. The molecule has 37 nitrogen and oxygen atoms in total. The lowest BCUT2D eigenvalue weighted by atomic mass is 10.1. The number of halogens is 1. The number of aliphatic carboxylic acids is 1. The fourth-order valence-electron chi connectivity index (χ4n) is 10.0. The minimum absolute atomic E-state index is 0. The van der Waals surface area contributed by atoms with Gasteiger partial charge in [-0.25, -0.2) is 34.8 Å². The van der Waals surface area contributed by atoms with E-state index in [0.29, 0.717) is 41.2 Å². The number of alkyl halides is 1. The first-order valence-electron chi connectivity index (χ1n) is 49.8. The quantitative estimate of drug-likeness (QED) is 0.00716. The van der Waals surface area contributed by atoms with E-state index in [9.17, 15) is 77.9 Å². The smallest absolute Gasteiger partial charge is 0.349 e. The predicted octanol–water partition coefficient (Wildman–Crippen LogP) is 10.5. The summed E-state index contributed by atoms with van der Waals surface area (Å²) in [6.07, 6.45) is 4.55. The van der Waals surface area contributed by atoms with Gasteiger partial charge in [-0.2, -0.15) is 27.0 Å². The summed E-state index contributed by atoms with van der Waals surface area (Å²) in [6.45, 7) is -15.5. The number of amides is 4. The zero-order valence-corrected chi connectivity index (χ0v) is 76.3. The number of ether oxygens (including phenoxy) is 10. The maximum Gasteiger partial charge on any atom is 0.349 e. The minimum Gasteiger partial charge on any atom is -0.504 e. The summed E-state index contributed by atoms with van der Waals surface area (Å²) < 4.78 is 322. The average Bonchev–Trinajstić information content (AvgIpc) is 1.59. The molecule has 14 N–H and O–H groups in total. The molecule has 1 unspecified atom stereocenters. The van der Waals surface area contributed by atoms with Gasteiger partial charge in [-0.15, -0.1) is 0 Å². The van der Waals surface area contributed by atoms with Gasteiger partial charge in [0, 0.05) is 84.8 Å². The largest absolute Gasteiger partial charge is 0.504 e. The van der Waals surface area contributed by atoms with E-state index in [4.69, 9.17) is 113 Å². The van der Waals surface area contributed by atoms with E-state index in [1.807, 2.05) is 13.8 Å². The van der Waals surface area contributed by atoms with Crippen LogP contribution >= 0.6 is 27.0 Å². The summed E-state index contributed by atoms with van der Waals surface area (Å²) in [5.74, 6) is -8.51. The lowest BCUT2D eigenvalue weighted by Gasteiger charge is -2.27. The Morgan fingerprint density at radius 3 is 1.18 bits per heavy atom. The number of fused-ring (bicyclic) bond motifs is 2. The molecule has 8 aromatic rings. The maximum absolute atomic E-state index is 13.4. The van der Waals surface area contributed by atoms with Crippen molar-refractivity contribution in [3.05, 3.63) is 201 Å². The molecule has 0 spiro atoms. The Morgan fingerprint density at radius 2 is 0.809 bits per heavy atom. The number of carboxylic acids is 1. The predicted molar refractivity (Wildman–Crippen MR) is 505 cm³/mol. The average molecular weight is 1960 g/mol. The lowest BCUT2D eigenvalue weighted by molar-refractivity contribution is -0.134. The van der Waals surface area contributed by atoms with Gasteiger partial charge in [0.25, 0.3) is 17.8 Å². The molecule has 0 saturated carbocycles. The highest BCUT2D eigenvalue weighted by atomic mass is 32.2. The first-order valence-corrected chi connectivity index (χ1v) is 42.2. The lowest BCUT2D eigenvalue weighted by Crippen LogP contribution is -2.37. The standard InChI is InChI=1S/C22H24N2O7S.2C12H19NO4S.C10H7NO4.C10H12O3.C8H8O3.C7H6O3.2C2H7N.C2H4O2.CH3F.2H2S/c1-5-31-19-11-14(9-10-18(19)30-3)17(12-32(4,28)29)24-21(26)15-7-6-8-16(23-13(2)25)20(15)22(24)27;2*1-4-17-12-7-9(5-6-11(12)16-2)10(13)8-18(3,14)15;1-5(12)11-7-4-2-3-6-8(7)10(14)15-9(6)13;1-3-13-10-6-8(7-11)4-5-9(10)12-2;1-11-8-3-2-6(5-9)4-7(8)10;8-4-5-1-2-6(9)7(10)3-5;2*1-2-3;1-2(3)4;1-2;;/h6-11,17H,5,12H2,1-4H3,(H,23,25);2*5-7,10H,4,8,13H2,1-3H3;2-4H,1H3,(H,11,12);4-7H,3H2,1-2H3;2-5,10H,1H3;1-4,9-10H;2*2-3H2,1H3;1H3,(H,3,4);1H3;2*1H2/t17-;10-;;;;;;;;;;;/m11.........../s1/i1D3,5D2;2*1D3,4D2;;1D3,2D3,3D2;1D3;;;;;1D;;. The van der Waals surface area contributed by atoms with Gasteiger partial charge >= 0.3 is 11.9 Å². The molecule has 0 bridgehead atoms. The van der Waals surface area contributed by atoms with Crippen LogP contribution in [0.15, 0.2) is 146 Å². The number of sulfone groups is 3. The van der Waals surface area contributed by atoms with Crippen molar-refractivity contribution in [3.63, 3.8) is 0 Å². The summed E-state index contributed by atoms with van der Waals surface area (Å²) in [6, 6.07) is 28.7. The number of phenols is 3. The van der Waals surface area contributed by atoms with E-state index in [1.54, 1.807) is 12.1 Å². The molecule has 0 aromatic heterocycles. The van der Waals surface area contributed by atoms with Gasteiger partial charge < -0.3 is 101 Å². The summed E-state index contributed by atoms with van der Waals surface area (Å²) >= 11 is 0. The Bertz CT molecular complexity index is 6420. The number of aromatic hydroxyl groups is 3. The van der Waals surface area contributed by atoms with Crippen LogP contribution < -0.4 is 76.2 Å². The number of esters is 2. The molecule has 43 heteroatoms. The number of methoxy groups -OCH3 is 5. The van der Waals surface area contributed by atoms with E-state index < -0.39 is 175 Å². The number of nitrogens with one attached hydrogen (secondary N) is 2. The monoisotopic (exact) mass is 1960 g/mol. The molecular formula is C88H120FN7O30S5. The van der Waals surface area contributed by atoms with Gasteiger partial charge in [0.05, 0.1) is 146 Å². The highest BCUT2D eigenvalue weighted by molar-refractivity contribution is 7.91. The number of phenolic OH excluding ortho intramolecular Hbond substituents is 3. The molecule has 131 heavy (non-hydrogen) atoms. The van der Waals surface area contributed by atoms with E-state index in [0.717, 1.165) is 67.9 Å². The molecule has 8 aromatic carbocycles. The van der Waals surface area contributed by atoms with Crippen molar-refractivity contribution in [3.8, 4) is 69.0 Å². The van der Waals surface area contributed by atoms with E-state index in [1.165, 1.54) is 144 Å². The fourth-order valence-corrected chi connectivity index (χ4v) is 12.6. The zero-order chi connectivity index (χ0) is 122. The molecule has 2 aliphatic rings. The third kappa shape index (κ3) is 44.0. The van der Waals surface area contributed by atoms with Gasteiger partial charge in [-0.05, 0) is 172 Å². The van der Waals surface area contributed by atoms with E-state index in [2.05, 4.69) is 24.8 Å². The van der Waals surface area contributed by atoms with Crippen LogP contribution in [0, 0.1) is 0 Å². The second kappa shape index (κ2) is 63.4. The van der Waals surface area contributed by atoms with E-state index >= 15 is 0 Å². The number of nitrogens with two attached hydrogens (primary N) is 4. The molecule has 2 heterocycles. The Labute approximate surface area is 814 Å². The summed E-state index contributed by atoms with van der Waals surface area (Å²) in [7, 11) is -13.1. The number of cyclic esters (lactones) is 2. The number of nitrogens with zero attached hydrogens (tertiary/aromatic N) is 1. The third-order valence-corrected chi connectivity index (χ3v) is 17.9. The second-order valence-corrected chi connectivity index (χ2v) is 31.7. The number of aldehydes is 3. The van der Waals surface area contributed by atoms with Gasteiger partial charge in [0.2, 0.25) is 11.8 Å². The van der Waals surface area contributed by atoms with Crippen molar-refractivity contribution < 1.29 is 182 Å². The van der Waals surface area contributed by atoms with Gasteiger partial charge in [-0.3, -0.25) is 47.6 Å². The third-order valence-electron chi connectivity index (χ3n) is 15.0. The van der Waals surface area contributed by atoms with Crippen LogP contribution in [-0.4, -0.2) is 229 Å². The highest BCUT2D eigenvalue weighted by Gasteiger charge is 2.44. The van der Waals surface area contributed by atoms with Crippen molar-refractivity contribution in [2.45, 2.75) is 80.2 Å². The topological polar surface area (TPSA) is 578 Å². The number of benzene rings is 8. The number of imide groups is 1. The first-order chi connectivity index (χ1) is 71.1. The number of rotatable bonds is 28. The van der Waals surface area contributed by atoms with E-state index in [-0.39, 0.29) is 147 Å². The number of carbonyl (C=O) groups excluding carboxylic acids is 9. The SMILES string of the molecule is CC(=O)Nc1cccc2c1C(=O)OC2=O.CC(=O)O.CCN.CCN.O=Cc1ccc(O)c(O)c1.S.S.[2H]C([2H])([2H])C([2H])([2H])Oc1cc(C(N)CS(C)(=O)=O)ccc1OC.[2H]C([2H])([2H])C([2H])([2H])Oc1cc([C@@H](CS(C)(=O)=O)N2C(=O)c3cccc(NC(C)=O)c3C2=O)ccc1OC.[2H]C([2H])([2H])C([2H])([2H])Oc1cc([C@H](N)CS(C)(=O)=O)ccc1OC.[2H]C([2H])([2H])Oc1ccc(C=O)cc1O.[2H]C([2H])([2H])Oc1ccc(C=O)cc1OC([2H])([2H])C([2H])([2H])[2H].[2H]CF. The number of carbonyl (C=O) groups is 10. The zero-order valence-electron chi connectivity index (χ0n) is 98.8. The first kappa shape index (κ1) is 80.5. The molecule has 724 valence electrons. The maximum atomic E-state index is 13.4. The Hall–Kier alpha value is -12.6. The number of hydrogen-bond donors (Lipinski definition) is 10. The molecule has 10 rings (SSSR count). The van der Waals surface area contributed by atoms with Gasteiger partial charge in [0.1, 0.15) is 48.4 Å². The Morgan fingerprint density at radius 1 is 0.473 bits per heavy atom. The summed E-state index contributed by atoms with van der Waals surface area (Å²) in [5.41, 5.74) is 23.2. The molecule has 0 saturated heterocycles. The Kier molecular flexibility index (Phi) is 38.9. The number of carboxylic acid groups (broad SMARTS) is 1. The van der Waals surface area contributed by atoms with Crippen LogP contribution in [0.2, 0.25) is 0 Å². The van der Waals surface area contributed by atoms with Crippen molar-refractivity contribution in [2.75, 3.05) is 129 Å². The van der Waals surface area contributed by atoms with Crippen molar-refractivity contribution >= 4 is 128 Å². The van der Waals surface area contributed by atoms with Gasteiger partial charge in [0.15, 0.2) is 69.0 Å². The van der Waals surface area contributed by atoms with Crippen molar-refractivity contribution in [1.29, 1.82) is 0 Å². The molecule has 0 radical (unpaired) electrons. The Balaban J connectivity index is -0.00000178. The normalized spacial score (nSPS) is 15.6. The highest BCUT2D eigenvalue weighted by Crippen LogP contribution is 2.40. The second-order valence-electron chi connectivity index (χ2n) is 25.1. The molecule has 0 aliphatic carbocycles. The minimum atomic E-state index is -3.81. The molecule has 3 atom stereocenters. The van der Waals surface area contributed by atoms with Gasteiger partial charge in [-0.1, -0.05) is 44.2 Å².